The van der Waals surface area contributed by atoms with Crippen LogP contribution >= 0.6 is 27.3 Å². The number of rotatable bonds is 6. The van der Waals surface area contributed by atoms with Crippen LogP contribution in [0, 0.1) is 0 Å². The summed E-state index contributed by atoms with van der Waals surface area (Å²) in [6.07, 6.45) is 2.19. The van der Waals surface area contributed by atoms with E-state index < -0.39 is 0 Å². The van der Waals surface area contributed by atoms with Crippen LogP contribution in [0.1, 0.15) is 30.1 Å². The Hall–Kier alpha value is -0.350. The molecule has 0 atom stereocenters. The van der Waals surface area contributed by atoms with Crippen molar-refractivity contribution in [1.82, 2.24) is 4.90 Å². The largest absolute Gasteiger partial charge is 0.338 e. The van der Waals surface area contributed by atoms with Gasteiger partial charge >= 0.3 is 0 Å². The first-order valence-electron chi connectivity index (χ1n) is 5.17. The molecular formula is C11H16BrNOS. The zero-order valence-corrected chi connectivity index (χ0v) is 11.3. The van der Waals surface area contributed by atoms with Gasteiger partial charge in [0.1, 0.15) is 0 Å². The third-order valence-electron chi connectivity index (χ3n) is 2.19. The average molecular weight is 290 g/mol. The molecule has 1 heterocycles. The summed E-state index contributed by atoms with van der Waals surface area (Å²) in [5.74, 6) is 0.157. The molecule has 0 aromatic carbocycles. The molecule has 0 bridgehead atoms. The molecule has 2 nitrogen and oxygen atoms in total. The van der Waals surface area contributed by atoms with Crippen molar-refractivity contribution in [1.29, 1.82) is 0 Å². The second kappa shape index (κ2) is 7.01. The van der Waals surface area contributed by atoms with E-state index in [9.17, 15) is 4.79 Å². The van der Waals surface area contributed by atoms with Gasteiger partial charge in [0.25, 0.3) is 5.91 Å². The number of alkyl halides is 1. The van der Waals surface area contributed by atoms with E-state index in [0.717, 1.165) is 36.8 Å². The van der Waals surface area contributed by atoms with Crippen LogP contribution in [-0.2, 0) is 0 Å². The predicted octanol–water partition coefficient (Wildman–Crippen LogP) is 3.39. The highest BCUT2D eigenvalue weighted by atomic mass is 79.9. The SMILES string of the molecule is CCCCN(CCBr)C(=O)c1ccsc1. The quantitative estimate of drug-likeness (QED) is 0.735. The zero-order chi connectivity index (χ0) is 11.1. The van der Waals surface area contributed by atoms with Crippen LogP contribution in [0.5, 0.6) is 0 Å². The van der Waals surface area contributed by atoms with Gasteiger partial charge in [-0.05, 0) is 17.9 Å². The Morgan fingerprint density at radius 3 is 2.87 bits per heavy atom. The van der Waals surface area contributed by atoms with Gasteiger partial charge in [-0.3, -0.25) is 4.79 Å². The second-order valence-electron chi connectivity index (χ2n) is 3.35. The molecule has 84 valence electrons. The van der Waals surface area contributed by atoms with Crippen molar-refractivity contribution in [2.75, 3.05) is 18.4 Å². The third kappa shape index (κ3) is 3.95. The van der Waals surface area contributed by atoms with Crippen molar-refractivity contribution in [2.24, 2.45) is 0 Å². The van der Waals surface area contributed by atoms with Gasteiger partial charge in [0, 0.05) is 23.8 Å². The van der Waals surface area contributed by atoms with E-state index in [1.54, 1.807) is 11.3 Å². The first kappa shape index (κ1) is 12.7. The minimum absolute atomic E-state index is 0.157. The maximum Gasteiger partial charge on any atom is 0.254 e. The van der Waals surface area contributed by atoms with Crippen molar-refractivity contribution in [3.05, 3.63) is 22.4 Å². The smallest absolute Gasteiger partial charge is 0.254 e. The lowest BCUT2D eigenvalue weighted by molar-refractivity contribution is 0.0765. The van der Waals surface area contributed by atoms with Gasteiger partial charge in [0.05, 0.1) is 5.56 Å². The van der Waals surface area contributed by atoms with Gasteiger partial charge in [-0.15, -0.1) is 0 Å². The summed E-state index contributed by atoms with van der Waals surface area (Å²) in [5.41, 5.74) is 0.817. The maximum absolute atomic E-state index is 12.0. The highest BCUT2D eigenvalue weighted by Crippen LogP contribution is 2.10. The van der Waals surface area contributed by atoms with Crippen molar-refractivity contribution in [3.8, 4) is 0 Å². The Balaban J connectivity index is 2.58. The van der Waals surface area contributed by atoms with Crippen LogP contribution in [0.2, 0.25) is 0 Å². The van der Waals surface area contributed by atoms with Gasteiger partial charge in [-0.2, -0.15) is 11.3 Å². The van der Waals surface area contributed by atoms with Crippen molar-refractivity contribution >= 4 is 33.2 Å². The first-order chi connectivity index (χ1) is 7.29. The Morgan fingerprint density at radius 1 is 1.53 bits per heavy atom. The van der Waals surface area contributed by atoms with E-state index >= 15 is 0 Å². The molecule has 1 rings (SSSR count). The number of carbonyl (C=O) groups excluding carboxylic acids is 1. The molecule has 0 spiro atoms. The molecule has 0 unspecified atom stereocenters. The van der Waals surface area contributed by atoms with Gasteiger partial charge in [-0.25, -0.2) is 0 Å². The van der Waals surface area contributed by atoms with Crippen LogP contribution in [0.15, 0.2) is 16.8 Å². The molecule has 1 amide bonds. The monoisotopic (exact) mass is 289 g/mol. The summed E-state index contributed by atoms with van der Waals surface area (Å²) >= 11 is 4.95. The number of thiophene rings is 1. The summed E-state index contributed by atoms with van der Waals surface area (Å²) in [5, 5.41) is 4.70. The molecule has 0 fully saturated rings. The fraction of sp³-hybridized carbons (Fsp3) is 0.545. The minimum atomic E-state index is 0.157. The lowest BCUT2D eigenvalue weighted by Gasteiger charge is -2.20. The molecule has 0 radical (unpaired) electrons. The summed E-state index contributed by atoms with van der Waals surface area (Å²) < 4.78 is 0. The topological polar surface area (TPSA) is 20.3 Å². The summed E-state index contributed by atoms with van der Waals surface area (Å²) in [4.78, 5) is 13.9. The van der Waals surface area contributed by atoms with E-state index in [1.165, 1.54) is 0 Å². The molecule has 15 heavy (non-hydrogen) atoms. The highest BCUT2D eigenvalue weighted by Gasteiger charge is 2.14. The van der Waals surface area contributed by atoms with E-state index in [2.05, 4.69) is 22.9 Å². The highest BCUT2D eigenvalue weighted by molar-refractivity contribution is 9.09. The fourth-order valence-corrected chi connectivity index (χ4v) is 2.39. The first-order valence-corrected chi connectivity index (χ1v) is 7.23. The second-order valence-corrected chi connectivity index (χ2v) is 4.92. The summed E-state index contributed by atoms with van der Waals surface area (Å²) in [6.45, 7) is 3.78. The van der Waals surface area contributed by atoms with Crippen LogP contribution in [0.4, 0.5) is 0 Å². The number of amides is 1. The molecule has 1 aromatic heterocycles. The Labute approximate surface area is 103 Å². The molecule has 0 aliphatic heterocycles. The lowest BCUT2D eigenvalue weighted by Crippen LogP contribution is -2.33. The maximum atomic E-state index is 12.0. The molecule has 0 saturated carbocycles. The number of nitrogens with zero attached hydrogens (tertiary/aromatic N) is 1. The normalized spacial score (nSPS) is 10.3. The molecule has 0 aliphatic carbocycles. The Morgan fingerprint density at radius 2 is 2.33 bits per heavy atom. The number of unbranched alkanes of at least 4 members (excludes halogenated alkanes) is 1. The van der Waals surface area contributed by atoms with E-state index in [1.807, 2.05) is 21.7 Å². The van der Waals surface area contributed by atoms with Crippen LogP contribution < -0.4 is 0 Å². The Bertz CT molecular complexity index is 287. The van der Waals surface area contributed by atoms with E-state index in [-0.39, 0.29) is 5.91 Å². The van der Waals surface area contributed by atoms with E-state index in [4.69, 9.17) is 0 Å². The standard InChI is InChI=1S/C11H16BrNOS/c1-2-3-6-13(7-5-12)11(14)10-4-8-15-9-10/h4,8-9H,2-3,5-7H2,1H3. The summed E-state index contributed by atoms with van der Waals surface area (Å²) in [6, 6.07) is 1.89. The molecule has 0 aliphatic rings. The number of hydrogen-bond acceptors (Lipinski definition) is 2. The Kier molecular flexibility index (Phi) is 5.95. The zero-order valence-electron chi connectivity index (χ0n) is 8.91. The van der Waals surface area contributed by atoms with Gasteiger partial charge in [0.15, 0.2) is 0 Å². The van der Waals surface area contributed by atoms with Gasteiger partial charge in [-0.1, -0.05) is 29.3 Å². The lowest BCUT2D eigenvalue weighted by atomic mass is 10.2. The molecular weight excluding hydrogens is 274 g/mol. The molecule has 0 N–H and O–H groups in total. The van der Waals surface area contributed by atoms with E-state index in [0.29, 0.717) is 0 Å². The van der Waals surface area contributed by atoms with Crippen molar-refractivity contribution in [2.45, 2.75) is 19.8 Å². The van der Waals surface area contributed by atoms with Gasteiger partial charge < -0.3 is 4.90 Å². The van der Waals surface area contributed by atoms with Crippen LogP contribution in [0.3, 0.4) is 0 Å². The number of hydrogen-bond donors (Lipinski definition) is 0. The number of carbonyl (C=O) groups is 1. The summed E-state index contributed by atoms with van der Waals surface area (Å²) in [7, 11) is 0. The third-order valence-corrected chi connectivity index (χ3v) is 3.23. The molecule has 0 saturated heterocycles. The average Bonchev–Trinajstić information content (AvgIpc) is 2.76. The van der Waals surface area contributed by atoms with Crippen molar-refractivity contribution in [3.63, 3.8) is 0 Å². The molecule has 4 heteroatoms. The van der Waals surface area contributed by atoms with Gasteiger partial charge in [0.2, 0.25) is 0 Å². The van der Waals surface area contributed by atoms with Crippen LogP contribution in [0.25, 0.3) is 0 Å². The minimum Gasteiger partial charge on any atom is -0.338 e. The fourth-order valence-electron chi connectivity index (χ4n) is 1.33. The molecule has 1 aromatic rings. The van der Waals surface area contributed by atoms with Crippen molar-refractivity contribution < 1.29 is 4.79 Å². The predicted molar refractivity (Wildman–Crippen MR) is 68.9 cm³/mol. The number of halogens is 1. The van der Waals surface area contributed by atoms with Crippen LogP contribution in [-0.4, -0.2) is 29.2 Å².